The van der Waals surface area contributed by atoms with Crippen LogP contribution in [0.4, 0.5) is 0 Å². The zero-order chi connectivity index (χ0) is 13.1. The van der Waals surface area contributed by atoms with E-state index in [0.717, 1.165) is 0 Å². The van der Waals surface area contributed by atoms with Crippen molar-refractivity contribution in [2.24, 2.45) is 5.73 Å². The maximum Gasteiger partial charge on any atom is 0.257 e. The zero-order valence-corrected chi connectivity index (χ0v) is 9.70. The molecule has 0 aliphatic rings. The third kappa shape index (κ3) is 2.27. The summed E-state index contributed by atoms with van der Waals surface area (Å²) in [5.41, 5.74) is 5.89. The van der Waals surface area contributed by atoms with Crippen molar-refractivity contribution in [3.8, 4) is 22.9 Å². The van der Waals surface area contributed by atoms with E-state index in [1.54, 1.807) is 12.1 Å². The molecule has 0 saturated heterocycles. The Hall–Kier alpha value is -2.12. The number of phenolic OH excluding ortho intramolecular Hbond substituents is 1. The molecule has 7 nitrogen and oxygen atoms in total. The lowest BCUT2D eigenvalue weighted by Crippen LogP contribution is -2.11. The molecular formula is C11H13N3O4. The molecule has 2 rings (SSSR count). The van der Waals surface area contributed by atoms with Gasteiger partial charge < -0.3 is 25.2 Å². The summed E-state index contributed by atoms with van der Waals surface area (Å²) < 4.78 is 9.86. The molecule has 0 aliphatic carbocycles. The van der Waals surface area contributed by atoms with Gasteiger partial charge in [0.05, 0.1) is 7.11 Å². The second kappa shape index (κ2) is 5.03. The molecular weight excluding hydrogens is 238 g/mol. The highest BCUT2D eigenvalue weighted by Crippen LogP contribution is 2.30. The van der Waals surface area contributed by atoms with Crippen molar-refractivity contribution in [2.75, 3.05) is 13.7 Å². The number of ether oxygens (including phenoxy) is 1. The second-order valence-electron chi connectivity index (χ2n) is 3.59. The van der Waals surface area contributed by atoms with Crippen molar-refractivity contribution < 1.29 is 19.5 Å². The fourth-order valence-corrected chi connectivity index (χ4v) is 1.41. The smallest absolute Gasteiger partial charge is 0.257 e. The fraction of sp³-hybridized carbons (Fsp3) is 0.273. The van der Waals surface area contributed by atoms with Crippen LogP contribution >= 0.6 is 0 Å². The van der Waals surface area contributed by atoms with Crippen molar-refractivity contribution in [1.82, 2.24) is 10.1 Å². The number of benzene rings is 1. The Balaban J connectivity index is 2.34. The van der Waals surface area contributed by atoms with Gasteiger partial charge in [0.25, 0.3) is 5.89 Å². The minimum Gasteiger partial charge on any atom is -0.504 e. The van der Waals surface area contributed by atoms with E-state index >= 15 is 0 Å². The van der Waals surface area contributed by atoms with Gasteiger partial charge in [0, 0.05) is 12.1 Å². The van der Waals surface area contributed by atoms with E-state index in [1.807, 2.05) is 0 Å². The highest BCUT2D eigenvalue weighted by atomic mass is 16.5. The molecule has 0 radical (unpaired) electrons. The zero-order valence-electron chi connectivity index (χ0n) is 9.70. The number of methoxy groups -OCH3 is 1. The molecule has 7 heteroatoms. The number of aliphatic hydroxyl groups excluding tert-OH is 1. The molecule has 0 spiro atoms. The standard InChI is InChI=1S/C11H13N3O4/c1-17-9-4-6(2-3-7(9)15)10-13-11(18-14-10)8(16)5-12/h2-4,8,15-16H,5,12H2,1H3/t8-/m0/s1. The van der Waals surface area contributed by atoms with E-state index in [0.29, 0.717) is 11.3 Å². The van der Waals surface area contributed by atoms with Crippen molar-refractivity contribution >= 4 is 0 Å². The Morgan fingerprint density at radius 3 is 2.94 bits per heavy atom. The minimum atomic E-state index is -0.981. The number of hydrogen-bond donors (Lipinski definition) is 3. The van der Waals surface area contributed by atoms with E-state index < -0.39 is 6.10 Å². The summed E-state index contributed by atoms with van der Waals surface area (Å²) in [4.78, 5) is 4.01. The molecule has 0 unspecified atom stereocenters. The van der Waals surface area contributed by atoms with Gasteiger partial charge in [-0.2, -0.15) is 4.98 Å². The second-order valence-corrected chi connectivity index (χ2v) is 3.59. The number of aromatic nitrogens is 2. The van der Waals surface area contributed by atoms with Crippen LogP contribution in [0.2, 0.25) is 0 Å². The van der Waals surface area contributed by atoms with Gasteiger partial charge in [-0.05, 0) is 18.2 Å². The van der Waals surface area contributed by atoms with Crippen LogP contribution in [0.3, 0.4) is 0 Å². The predicted molar refractivity (Wildman–Crippen MR) is 62.0 cm³/mol. The first-order chi connectivity index (χ1) is 8.65. The van der Waals surface area contributed by atoms with Crippen LogP contribution in [0, 0.1) is 0 Å². The van der Waals surface area contributed by atoms with Crippen LogP contribution in [0.5, 0.6) is 11.5 Å². The van der Waals surface area contributed by atoms with E-state index in [4.69, 9.17) is 15.0 Å². The number of phenols is 1. The maximum absolute atomic E-state index is 9.47. The van der Waals surface area contributed by atoms with Gasteiger partial charge in [0.2, 0.25) is 5.82 Å². The number of aromatic hydroxyl groups is 1. The summed E-state index contributed by atoms with van der Waals surface area (Å²) in [6.45, 7) is 0.000528. The van der Waals surface area contributed by atoms with E-state index in [1.165, 1.54) is 13.2 Å². The Bertz CT molecular complexity index is 541. The monoisotopic (exact) mass is 251 g/mol. The first-order valence-corrected chi connectivity index (χ1v) is 5.24. The van der Waals surface area contributed by atoms with E-state index in [2.05, 4.69) is 10.1 Å². The summed E-state index contributed by atoms with van der Waals surface area (Å²) in [5, 5.41) is 22.6. The van der Waals surface area contributed by atoms with Crippen molar-refractivity contribution in [3.63, 3.8) is 0 Å². The number of aliphatic hydroxyl groups is 1. The Morgan fingerprint density at radius 1 is 1.50 bits per heavy atom. The molecule has 96 valence electrons. The molecule has 18 heavy (non-hydrogen) atoms. The van der Waals surface area contributed by atoms with Gasteiger partial charge in [-0.1, -0.05) is 5.16 Å². The van der Waals surface area contributed by atoms with Crippen LogP contribution in [0.1, 0.15) is 12.0 Å². The van der Waals surface area contributed by atoms with Crippen molar-refractivity contribution in [3.05, 3.63) is 24.1 Å². The quantitative estimate of drug-likeness (QED) is 0.722. The number of nitrogens with two attached hydrogens (primary N) is 1. The van der Waals surface area contributed by atoms with E-state index in [-0.39, 0.29) is 24.0 Å². The van der Waals surface area contributed by atoms with Crippen LogP contribution in [0.25, 0.3) is 11.4 Å². The minimum absolute atomic E-state index is 0.000528. The summed E-state index contributed by atoms with van der Waals surface area (Å²) in [6, 6.07) is 4.64. The Morgan fingerprint density at radius 2 is 2.28 bits per heavy atom. The van der Waals surface area contributed by atoms with Gasteiger partial charge in [0.15, 0.2) is 11.5 Å². The topological polar surface area (TPSA) is 115 Å². The largest absolute Gasteiger partial charge is 0.504 e. The first-order valence-electron chi connectivity index (χ1n) is 5.24. The molecule has 1 aromatic carbocycles. The van der Waals surface area contributed by atoms with Crippen LogP contribution < -0.4 is 10.5 Å². The SMILES string of the molecule is COc1cc(-c2noc([C@@H](O)CN)n2)ccc1O. The first kappa shape index (κ1) is 12.3. The predicted octanol–water partition coefficient (Wildman–Crippen LogP) is 0.443. The lowest BCUT2D eigenvalue weighted by Gasteiger charge is -2.03. The van der Waals surface area contributed by atoms with Gasteiger partial charge in [-0.15, -0.1) is 0 Å². The summed E-state index contributed by atoms with van der Waals surface area (Å²) in [5.74, 6) is 0.667. The molecule has 0 saturated carbocycles. The van der Waals surface area contributed by atoms with Crippen LogP contribution in [0.15, 0.2) is 22.7 Å². The van der Waals surface area contributed by atoms with Crippen LogP contribution in [-0.4, -0.2) is 34.0 Å². The van der Waals surface area contributed by atoms with Crippen LogP contribution in [-0.2, 0) is 0 Å². The number of rotatable bonds is 4. The molecule has 2 aromatic rings. The van der Waals surface area contributed by atoms with E-state index in [9.17, 15) is 10.2 Å². The summed E-state index contributed by atoms with van der Waals surface area (Å²) in [6.07, 6.45) is -0.981. The lowest BCUT2D eigenvalue weighted by molar-refractivity contribution is 0.141. The molecule has 0 bridgehead atoms. The number of nitrogens with zero attached hydrogens (tertiary/aromatic N) is 2. The van der Waals surface area contributed by atoms with Gasteiger partial charge >= 0.3 is 0 Å². The highest BCUT2D eigenvalue weighted by molar-refractivity contribution is 5.60. The molecule has 1 aromatic heterocycles. The molecule has 0 fully saturated rings. The highest BCUT2D eigenvalue weighted by Gasteiger charge is 2.16. The van der Waals surface area contributed by atoms with Gasteiger partial charge in [-0.25, -0.2) is 0 Å². The summed E-state index contributed by atoms with van der Waals surface area (Å²) >= 11 is 0. The van der Waals surface area contributed by atoms with Gasteiger partial charge in [0.1, 0.15) is 6.10 Å². The van der Waals surface area contributed by atoms with Crippen molar-refractivity contribution in [1.29, 1.82) is 0 Å². The molecule has 1 atom stereocenters. The third-order valence-electron chi connectivity index (χ3n) is 2.39. The Labute approximate surface area is 103 Å². The number of hydrogen-bond acceptors (Lipinski definition) is 7. The summed E-state index contributed by atoms with van der Waals surface area (Å²) in [7, 11) is 1.44. The third-order valence-corrected chi connectivity index (χ3v) is 2.39. The molecule has 0 amide bonds. The average Bonchev–Trinajstić information content (AvgIpc) is 2.88. The molecule has 0 aliphatic heterocycles. The Kier molecular flexibility index (Phi) is 3.45. The van der Waals surface area contributed by atoms with Crippen molar-refractivity contribution in [2.45, 2.75) is 6.10 Å². The molecule has 1 heterocycles. The lowest BCUT2D eigenvalue weighted by atomic mass is 10.2. The molecule has 4 N–H and O–H groups in total. The fourth-order valence-electron chi connectivity index (χ4n) is 1.41. The normalized spacial score (nSPS) is 12.4. The average molecular weight is 251 g/mol. The van der Waals surface area contributed by atoms with Gasteiger partial charge in [-0.3, -0.25) is 0 Å². The maximum atomic E-state index is 9.47.